The normalized spacial score (nSPS) is 10.9. The van der Waals surface area contributed by atoms with E-state index in [-0.39, 0.29) is 13.0 Å². The fraction of sp³-hybridized carbons (Fsp3) is 0.375. The van der Waals surface area contributed by atoms with Crippen LogP contribution in [-0.4, -0.2) is 25.2 Å². The van der Waals surface area contributed by atoms with Gasteiger partial charge in [0.05, 0.1) is 19.6 Å². The monoisotopic (exact) mass is 291 g/mol. The molecule has 0 atom stereocenters. The van der Waals surface area contributed by atoms with Crippen molar-refractivity contribution in [3.05, 3.63) is 41.6 Å². The van der Waals surface area contributed by atoms with Gasteiger partial charge in [-0.25, -0.2) is 4.79 Å². The van der Waals surface area contributed by atoms with Crippen LogP contribution in [0.3, 0.4) is 0 Å². The zero-order valence-corrected chi connectivity index (χ0v) is 12.6. The molecular formula is C16H21NO4. The Morgan fingerprint density at radius 3 is 2.29 bits per heavy atom. The molecule has 0 aliphatic carbocycles. The summed E-state index contributed by atoms with van der Waals surface area (Å²) in [5.41, 5.74) is 2.36. The number of hydrogen-bond donors (Lipinski definition) is 1. The third-order valence-electron chi connectivity index (χ3n) is 2.58. The number of benzene rings is 1. The topological polar surface area (TPSA) is 64.6 Å². The summed E-state index contributed by atoms with van der Waals surface area (Å²) in [5.74, 6) is -0.885. The highest BCUT2D eigenvalue weighted by Crippen LogP contribution is 2.14. The maximum absolute atomic E-state index is 11.6. The molecular weight excluding hydrogens is 270 g/mol. The highest BCUT2D eigenvalue weighted by atomic mass is 16.5. The zero-order valence-electron chi connectivity index (χ0n) is 12.6. The summed E-state index contributed by atoms with van der Waals surface area (Å²) in [6.45, 7) is 6.03. The smallest absolute Gasteiger partial charge is 0.332 e. The van der Waals surface area contributed by atoms with E-state index in [9.17, 15) is 9.59 Å². The van der Waals surface area contributed by atoms with Crippen LogP contribution in [0.4, 0.5) is 5.69 Å². The van der Waals surface area contributed by atoms with Crippen molar-refractivity contribution < 1.29 is 19.1 Å². The largest absolute Gasteiger partial charge is 0.466 e. The lowest BCUT2D eigenvalue weighted by molar-refractivity contribution is -0.142. The lowest BCUT2D eigenvalue weighted by atomic mass is 10.2. The lowest BCUT2D eigenvalue weighted by Crippen LogP contribution is -2.12. The first-order valence-electron chi connectivity index (χ1n) is 6.91. The van der Waals surface area contributed by atoms with Crippen molar-refractivity contribution in [2.45, 2.75) is 27.2 Å². The Morgan fingerprint density at radius 2 is 1.71 bits per heavy atom. The molecule has 0 aromatic heterocycles. The molecule has 0 saturated carbocycles. The average molecular weight is 291 g/mol. The maximum atomic E-state index is 11.6. The van der Waals surface area contributed by atoms with E-state index in [1.807, 2.05) is 31.2 Å². The Balaban J connectivity index is 2.82. The van der Waals surface area contributed by atoms with E-state index in [1.165, 1.54) is 6.08 Å². The van der Waals surface area contributed by atoms with Gasteiger partial charge >= 0.3 is 11.9 Å². The van der Waals surface area contributed by atoms with Crippen molar-refractivity contribution in [1.82, 2.24) is 0 Å². The Bertz CT molecular complexity index is 506. The molecule has 0 unspecified atom stereocenters. The number of anilines is 1. The minimum Gasteiger partial charge on any atom is -0.466 e. The van der Waals surface area contributed by atoms with Gasteiger partial charge in [-0.1, -0.05) is 17.7 Å². The molecule has 0 amide bonds. The second kappa shape index (κ2) is 8.79. The summed E-state index contributed by atoms with van der Waals surface area (Å²) in [6, 6.07) is 7.63. The van der Waals surface area contributed by atoms with Gasteiger partial charge in [-0.15, -0.1) is 0 Å². The van der Waals surface area contributed by atoms with Crippen molar-refractivity contribution in [2.24, 2.45) is 0 Å². The van der Waals surface area contributed by atoms with Gasteiger partial charge in [0, 0.05) is 17.5 Å². The summed E-state index contributed by atoms with van der Waals surface area (Å²) in [6.07, 6.45) is 1.26. The molecule has 0 heterocycles. The van der Waals surface area contributed by atoms with Crippen LogP contribution in [0, 0.1) is 6.92 Å². The predicted molar refractivity (Wildman–Crippen MR) is 80.8 cm³/mol. The summed E-state index contributed by atoms with van der Waals surface area (Å²) in [7, 11) is 0. The van der Waals surface area contributed by atoms with E-state index in [1.54, 1.807) is 13.8 Å². The SMILES string of the molecule is CCOC(=O)C=C(CC(=O)OCC)Nc1ccc(C)cc1. The quantitative estimate of drug-likeness (QED) is 0.618. The Morgan fingerprint density at radius 1 is 1.10 bits per heavy atom. The first-order chi connectivity index (χ1) is 10.0. The highest BCUT2D eigenvalue weighted by Gasteiger charge is 2.10. The number of aryl methyl sites for hydroxylation is 1. The fourth-order valence-electron chi connectivity index (χ4n) is 1.65. The van der Waals surface area contributed by atoms with Crippen LogP contribution in [0.15, 0.2) is 36.0 Å². The lowest BCUT2D eigenvalue weighted by Gasteiger charge is -2.11. The fourth-order valence-corrected chi connectivity index (χ4v) is 1.65. The molecule has 0 aliphatic heterocycles. The molecule has 5 nitrogen and oxygen atoms in total. The third kappa shape index (κ3) is 6.61. The van der Waals surface area contributed by atoms with Gasteiger partial charge in [0.25, 0.3) is 0 Å². The van der Waals surface area contributed by atoms with Crippen LogP contribution in [0.2, 0.25) is 0 Å². The molecule has 0 saturated heterocycles. The van der Waals surface area contributed by atoms with Gasteiger partial charge < -0.3 is 14.8 Å². The van der Waals surface area contributed by atoms with E-state index >= 15 is 0 Å². The molecule has 21 heavy (non-hydrogen) atoms. The molecule has 0 spiro atoms. The van der Waals surface area contributed by atoms with Gasteiger partial charge in [-0.2, -0.15) is 0 Å². The van der Waals surface area contributed by atoms with Crippen LogP contribution < -0.4 is 5.32 Å². The van der Waals surface area contributed by atoms with Gasteiger partial charge in [-0.05, 0) is 32.9 Å². The van der Waals surface area contributed by atoms with Crippen LogP contribution >= 0.6 is 0 Å². The molecule has 114 valence electrons. The van der Waals surface area contributed by atoms with E-state index in [0.29, 0.717) is 12.3 Å². The number of esters is 2. The van der Waals surface area contributed by atoms with Crippen molar-refractivity contribution in [3.8, 4) is 0 Å². The van der Waals surface area contributed by atoms with Crippen molar-refractivity contribution in [1.29, 1.82) is 0 Å². The molecule has 1 aromatic carbocycles. The summed E-state index contributed by atoms with van der Waals surface area (Å²) < 4.78 is 9.76. The molecule has 1 rings (SSSR count). The Labute approximate surface area is 124 Å². The third-order valence-corrected chi connectivity index (χ3v) is 2.58. The minimum absolute atomic E-state index is 0.0134. The second-order valence-electron chi connectivity index (χ2n) is 4.39. The van der Waals surface area contributed by atoms with Crippen LogP contribution in [-0.2, 0) is 19.1 Å². The molecule has 0 radical (unpaired) electrons. The average Bonchev–Trinajstić information content (AvgIpc) is 2.41. The van der Waals surface area contributed by atoms with Crippen LogP contribution in [0.1, 0.15) is 25.8 Å². The molecule has 1 N–H and O–H groups in total. The zero-order chi connectivity index (χ0) is 15.7. The van der Waals surface area contributed by atoms with Crippen molar-refractivity contribution in [2.75, 3.05) is 18.5 Å². The van der Waals surface area contributed by atoms with Crippen LogP contribution in [0.5, 0.6) is 0 Å². The number of ether oxygens (including phenoxy) is 2. The minimum atomic E-state index is -0.489. The predicted octanol–water partition coefficient (Wildman–Crippen LogP) is 2.81. The van der Waals surface area contributed by atoms with E-state index < -0.39 is 11.9 Å². The first kappa shape index (κ1) is 16.8. The van der Waals surface area contributed by atoms with Gasteiger partial charge in [-0.3, -0.25) is 4.79 Å². The first-order valence-corrected chi connectivity index (χ1v) is 6.91. The van der Waals surface area contributed by atoms with Crippen molar-refractivity contribution in [3.63, 3.8) is 0 Å². The van der Waals surface area contributed by atoms with Crippen molar-refractivity contribution >= 4 is 17.6 Å². The molecule has 0 bridgehead atoms. The van der Waals surface area contributed by atoms with Crippen LogP contribution in [0.25, 0.3) is 0 Å². The summed E-state index contributed by atoms with van der Waals surface area (Å²) >= 11 is 0. The number of hydrogen-bond acceptors (Lipinski definition) is 5. The highest BCUT2D eigenvalue weighted by molar-refractivity contribution is 5.85. The van der Waals surface area contributed by atoms with Gasteiger partial charge in [0.15, 0.2) is 0 Å². The molecule has 0 aliphatic rings. The maximum Gasteiger partial charge on any atom is 0.332 e. The van der Waals surface area contributed by atoms with E-state index in [2.05, 4.69) is 5.32 Å². The summed E-state index contributed by atoms with van der Waals surface area (Å²) in [5, 5.41) is 3.04. The Kier molecular flexibility index (Phi) is 7.01. The molecule has 0 fully saturated rings. The second-order valence-corrected chi connectivity index (χ2v) is 4.39. The van der Waals surface area contributed by atoms with Gasteiger partial charge in [0.1, 0.15) is 0 Å². The molecule has 1 aromatic rings. The standard InChI is InChI=1S/C16H21NO4/c1-4-20-15(18)10-14(11-16(19)21-5-2)17-13-8-6-12(3)7-9-13/h6-10,17H,4-5,11H2,1-3H3. The van der Waals surface area contributed by atoms with Gasteiger partial charge in [0.2, 0.25) is 0 Å². The van der Waals surface area contributed by atoms with E-state index in [0.717, 1.165) is 11.3 Å². The number of carbonyl (C=O) groups excluding carboxylic acids is 2. The van der Waals surface area contributed by atoms with E-state index in [4.69, 9.17) is 9.47 Å². The number of carbonyl (C=O) groups is 2. The number of nitrogens with one attached hydrogen (secondary N) is 1. The summed E-state index contributed by atoms with van der Waals surface area (Å²) in [4.78, 5) is 23.1. The number of rotatable bonds is 7. The Hall–Kier alpha value is -2.30. The molecule has 5 heteroatoms.